The molecule has 9 heteroatoms. The third kappa shape index (κ3) is 4.91. The predicted molar refractivity (Wildman–Crippen MR) is 126 cm³/mol. The van der Waals surface area contributed by atoms with Gasteiger partial charge >= 0.3 is 0 Å². The second-order valence-electron chi connectivity index (χ2n) is 7.34. The molecule has 0 radical (unpaired) electrons. The highest BCUT2D eigenvalue weighted by Crippen LogP contribution is 2.38. The first-order valence-electron chi connectivity index (χ1n) is 10.4. The number of fused-ring (bicyclic) bond motifs is 1. The number of halogens is 1. The molecule has 0 bridgehead atoms. The molecule has 4 rings (SSSR count). The van der Waals surface area contributed by atoms with E-state index >= 15 is 0 Å². The summed E-state index contributed by atoms with van der Waals surface area (Å²) in [6.45, 7) is 2.35. The molecule has 1 aliphatic heterocycles. The molecule has 1 heterocycles. The number of hydrogen-bond donors (Lipinski definition) is 1. The highest BCUT2D eigenvalue weighted by Gasteiger charge is 2.37. The molecule has 1 amide bonds. The fourth-order valence-corrected chi connectivity index (χ4v) is 5.31. The summed E-state index contributed by atoms with van der Waals surface area (Å²) in [6, 6.07) is 20.5. The van der Waals surface area contributed by atoms with Gasteiger partial charge in [-0.25, -0.2) is 8.42 Å². The zero-order chi connectivity index (χ0) is 23.4. The van der Waals surface area contributed by atoms with Crippen LogP contribution in [-0.2, 0) is 21.4 Å². The van der Waals surface area contributed by atoms with Crippen LogP contribution in [0.2, 0.25) is 5.02 Å². The van der Waals surface area contributed by atoms with E-state index in [1.807, 2.05) is 37.3 Å². The van der Waals surface area contributed by atoms with Gasteiger partial charge in [0.25, 0.3) is 15.9 Å². The van der Waals surface area contributed by atoms with E-state index in [1.165, 1.54) is 22.5 Å². The minimum atomic E-state index is -4.03. The molecule has 0 unspecified atom stereocenters. The maximum atomic E-state index is 13.6. The Kier molecular flexibility index (Phi) is 6.76. The molecule has 7 nitrogen and oxygen atoms in total. The molecule has 0 aromatic heterocycles. The maximum Gasteiger partial charge on any atom is 0.264 e. The Morgan fingerprint density at radius 2 is 1.85 bits per heavy atom. The second-order valence-corrected chi connectivity index (χ2v) is 9.61. The molecule has 3 aromatic rings. The Labute approximate surface area is 197 Å². The third-order valence-electron chi connectivity index (χ3n) is 5.13. The quantitative estimate of drug-likeness (QED) is 0.545. The van der Waals surface area contributed by atoms with Crippen molar-refractivity contribution in [1.82, 2.24) is 5.32 Å². The van der Waals surface area contributed by atoms with E-state index in [2.05, 4.69) is 5.32 Å². The lowest BCUT2D eigenvalue weighted by atomic mass is 10.2. The molecular weight excluding hydrogens is 464 g/mol. The molecule has 0 spiro atoms. The number of amides is 1. The zero-order valence-corrected chi connectivity index (χ0v) is 19.5. The number of hydrogen-bond acceptors (Lipinski definition) is 5. The Morgan fingerprint density at radius 1 is 1.12 bits per heavy atom. The van der Waals surface area contributed by atoms with Gasteiger partial charge < -0.3 is 14.8 Å². The summed E-state index contributed by atoms with van der Waals surface area (Å²) < 4.78 is 39.6. The number of nitrogens with one attached hydrogen (secondary N) is 1. The van der Waals surface area contributed by atoms with Crippen molar-refractivity contribution < 1.29 is 22.7 Å². The smallest absolute Gasteiger partial charge is 0.264 e. The lowest BCUT2D eigenvalue weighted by molar-refractivity contribution is -0.127. The van der Waals surface area contributed by atoms with E-state index in [9.17, 15) is 13.2 Å². The number of nitrogens with zero attached hydrogens (tertiary/aromatic N) is 1. The number of ether oxygens (including phenoxy) is 2. The highest BCUT2D eigenvalue weighted by molar-refractivity contribution is 7.92. The highest BCUT2D eigenvalue weighted by atomic mass is 35.5. The van der Waals surface area contributed by atoms with Gasteiger partial charge in [0.05, 0.1) is 28.8 Å². The average Bonchev–Trinajstić information content (AvgIpc) is 2.83. The monoisotopic (exact) mass is 486 g/mol. The molecule has 0 fully saturated rings. The summed E-state index contributed by atoms with van der Waals surface area (Å²) in [7, 11) is -4.03. The predicted octanol–water partition coefficient (Wildman–Crippen LogP) is 4.01. The van der Waals surface area contributed by atoms with Crippen LogP contribution < -0.4 is 19.1 Å². The van der Waals surface area contributed by atoms with Gasteiger partial charge in [0.2, 0.25) is 0 Å². The standard InChI is InChI=1S/C24H23ClN2O5S/c1-2-31-21-13-12-18(14-19(21)25)33(29,30)27-16-23(32-22-11-7-6-10-20(22)27)24(28)26-15-17-8-4-3-5-9-17/h3-14,23H,2,15-16H2,1H3,(H,26,28)/t23-/m0/s1. The van der Waals surface area contributed by atoms with Crippen molar-refractivity contribution in [2.75, 3.05) is 17.5 Å². The molecule has 0 saturated carbocycles. The van der Waals surface area contributed by atoms with Crippen molar-refractivity contribution in [3.05, 3.63) is 83.4 Å². The maximum absolute atomic E-state index is 13.6. The fraction of sp³-hybridized carbons (Fsp3) is 0.208. The van der Waals surface area contributed by atoms with Crippen molar-refractivity contribution in [3.63, 3.8) is 0 Å². The van der Waals surface area contributed by atoms with Crippen molar-refractivity contribution >= 4 is 33.2 Å². The number of sulfonamides is 1. The normalized spacial score (nSPS) is 15.3. The van der Waals surface area contributed by atoms with E-state index < -0.39 is 22.0 Å². The topological polar surface area (TPSA) is 84.9 Å². The van der Waals surface area contributed by atoms with Gasteiger partial charge in [-0.2, -0.15) is 0 Å². The molecule has 1 atom stereocenters. The van der Waals surface area contributed by atoms with Crippen LogP contribution in [0.4, 0.5) is 5.69 Å². The van der Waals surface area contributed by atoms with Crippen LogP contribution in [0.5, 0.6) is 11.5 Å². The third-order valence-corrected chi connectivity index (χ3v) is 7.20. The fourth-order valence-electron chi connectivity index (χ4n) is 3.51. The van der Waals surface area contributed by atoms with Crippen molar-refractivity contribution in [3.8, 4) is 11.5 Å². The van der Waals surface area contributed by atoms with Gasteiger partial charge in [-0.05, 0) is 42.8 Å². The lowest BCUT2D eigenvalue weighted by Crippen LogP contribution is -2.50. The minimum absolute atomic E-state index is 0.00361. The van der Waals surface area contributed by atoms with Crippen molar-refractivity contribution in [1.29, 1.82) is 0 Å². The van der Waals surface area contributed by atoms with E-state index in [4.69, 9.17) is 21.1 Å². The molecule has 1 N–H and O–H groups in total. The van der Waals surface area contributed by atoms with Gasteiger partial charge in [0, 0.05) is 6.54 Å². The van der Waals surface area contributed by atoms with Gasteiger partial charge in [0.1, 0.15) is 11.5 Å². The number of benzene rings is 3. The van der Waals surface area contributed by atoms with Crippen LogP contribution in [0.1, 0.15) is 12.5 Å². The van der Waals surface area contributed by atoms with E-state index in [0.717, 1.165) is 5.56 Å². The van der Waals surface area contributed by atoms with Crippen LogP contribution in [0, 0.1) is 0 Å². The average molecular weight is 487 g/mol. The number of anilines is 1. The van der Waals surface area contributed by atoms with E-state index in [-0.39, 0.29) is 16.5 Å². The minimum Gasteiger partial charge on any atom is -0.492 e. The number of rotatable bonds is 7. The van der Waals surface area contributed by atoms with Crippen molar-refractivity contribution in [2.45, 2.75) is 24.5 Å². The molecule has 33 heavy (non-hydrogen) atoms. The second kappa shape index (κ2) is 9.72. The SMILES string of the molecule is CCOc1ccc(S(=O)(=O)N2C[C@@H](C(=O)NCc3ccccc3)Oc3ccccc32)cc1Cl. The largest absolute Gasteiger partial charge is 0.492 e. The van der Waals surface area contributed by atoms with Gasteiger partial charge in [-0.1, -0.05) is 54.1 Å². The Bertz CT molecular complexity index is 1250. The van der Waals surface area contributed by atoms with Crippen LogP contribution in [0.3, 0.4) is 0 Å². The number of carbonyl (C=O) groups excluding carboxylic acids is 1. The summed E-state index contributed by atoms with van der Waals surface area (Å²) in [4.78, 5) is 12.9. The van der Waals surface area contributed by atoms with E-state index in [0.29, 0.717) is 30.3 Å². The molecule has 172 valence electrons. The summed E-state index contributed by atoms with van der Waals surface area (Å²) in [5.74, 6) is 0.307. The summed E-state index contributed by atoms with van der Waals surface area (Å²) in [5, 5.41) is 3.01. The van der Waals surface area contributed by atoms with Crippen LogP contribution >= 0.6 is 11.6 Å². The number of carbonyl (C=O) groups is 1. The Hall–Kier alpha value is -3.23. The summed E-state index contributed by atoms with van der Waals surface area (Å²) in [5.41, 5.74) is 1.28. The van der Waals surface area contributed by atoms with Gasteiger partial charge in [0.15, 0.2) is 6.10 Å². The first kappa shape index (κ1) is 22.9. The molecule has 1 aliphatic rings. The molecule has 3 aromatic carbocycles. The van der Waals surface area contributed by atoms with Gasteiger partial charge in [-0.3, -0.25) is 9.10 Å². The molecule has 0 saturated heterocycles. The van der Waals surface area contributed by atoms with Crippen molar-refractivity contribution in [2.24, 2.45) is 0 Å². The molecule has 0 aliphatic carbocycles. The first-order chi connectivity index (χ1) is 15.9. The Morgan fingerprint density at radius 3 is 2.58 bits per heavy atom. The first-order valence-corrected chi connectivity index (χ1v) is 12.2. The summed E-state index contributed by atoms with van der Waals surface area (Å²) in [6.07, 6.45) is -1.02. The zero-order valence-electron chi connectivity index (χ0n) is 17.9. The van der Waals surface area contributed by atoms with E-state index in [1.54, 1.807) is 24.3 Å². The Balaban J connectivity index is 1.61. The summed E-state index contributed by atoms with van der Waals surface area (Å²) >= 11 is 6.24. The number of para-hydroxylation sites is 2. The molecular formula is C24H23ClN2O5S. The van der Waals surface area contributed by atoms with Crippen LogP contribution in [-0.4, -0.2) is 33.6 Å². The lowest BCUT2D eigenvalue weighted by Gasteiger charge is -2.34. The van der Waals surface area contributed by atoms with Crippen LogP contribution in [0.15, 0.2) is 77.7 Å². The van der Waals surface area contributed by atoms with Crippen LogP contribution in [0.25, 0.3) is 0 Å². The van der Waals surface area contributed by atoms with Gasteiger partial charge in [-0.15, -0.1) is 0 Å².